The molecule has 0 unspecified atom stereocenters. The van der Waals surface area contributed by atoms with E-state index in [9.17, 15) is 0 Å². The van der Waals surface area contributed by atoms with Gasteiger partial charge in [-0.3, -0.25) is 0 Å². The van der Waals surface area contributed by atoms with Crippen molar-refractivity contribution in [1.29, 1.82) is 0 Å². The zero-order valence-corrected chi connectivity index (χ0v) is 16.1. The summed E-state index contributed by atoms with van der Waals surface area (Å²) in [5.41, 5.74) is 1.79. The van der Waals surface area contributed by atoms with Gasteiger partial charge in [0, 0.05) is 11.3 Å². The first-order chi connectivity index (χ1) is 12.7. The molecule has 0 bridgehead atoms. The molecule has 0 saturated heterocycles. The molecule has 4 rings (SSSR count). The van der Waals surface area contributed by atoms with E-state index in [2.05, 4.69) is 16.3 Å². The first-order valence-electron chi connectivity index (χ1n) is 7.75. The van der Waals surface area contributed by atoms with Crippen LogP contribution in [0.1, 0.15) is 4.88 Å². The van der Waals surface area contributed by atoms with Crippen LogP contribution in [0.2, 0.25) is 0 Å². The minimum atomic E-state index is 0.536. The van der Waals surface area contributed by atoms with Gasteiger partial charge < -0.3 is 14.2 Å². The number of hydrogen-bond acceptors (Lipinski definition) is 8. The third-order valence-electron chi connectivity index (χ3n) is 3.90. The van der Waals surface area contributed by atoms with Crippen LogP contribution >= 0.6 is 23.1 Å². The fourth-order valence-electron chi connectivity index (χ4n) is 2.68. The van der Waals surface area contributed by atoms with E-state index < -0.39 is 0 Å². The van der Waals surface area contributed by atoms with Crippen molar-refractivity contribution < 1.29 is 14.2 Å². The lowest BCUT2D eigenvalue weighted by molar-refractivity contribution is 0.324. The summed E-state index contributed by atoms with van der Waals surface area (Å²) in [6.07, 6.45) is 0. The van der Waals surface area contributed by atoms with Crippen LogP contribution in [0.25, 0.3) is 11.4 Å². The van der Waals surface area contributed by atoms with Crippen LogP contribution in [0, 0.1) is 0 Å². The van der Waals surface area contributed by atoms with Gasteiger partial charge in [0.15, 0.2) is 17.3 Å². The van der Waals surface area contributed by atoms with Crippen molar-refractivity contribution in [2.75, 3.05) is 27.1 Å². The van der Waals surface area contributed by atoms with Gasteiger partial charge in [0.05, 0.1) is 31.9 Å². The number of hydrogen-bond donors (Lipinski definition) is 0. The van der Waals surface area contributed by atoms with Crippen molar-refractivity contribution in [1.82, 2.24) is 14.9 Å². The molecule has 0 N–H and O–H groups in total. The smallest absolute Gasteiger partial charge is 0.212 e. The van der Waals surface area contributed by atoms with Crippen molar-refractivity contribution in [3.05, 3.63) is 34.5 Å². The summed E-state index contributed by atoms with van der Waals surface area (Å²) in [5, 5.41) is 16.2. The number of benzene rings is 1. The maximum atomic E-state index is 5.44. The summed E-state index contributed by atoms with van der Waals surface area (Å²) in [5.74, 6) is 3.05. The lowest BCUT2D eigenvalue weighted by Gasteiger charge is -2.15. The highest BCUT2D eigenvalue weighted by Gasteiger charge is 2.23. The Kier molecular flexibility index (Phi) is 4.56. The van der Waals surface area contributed by atoms with Crippen LogP contribution < -0.4 is 14.2 Å². The SMILES string of the molecule is COc1cc(-c2nnc3n2N=C(c2cccs2)CS3)cc(OC)c1OC. The number of rotatable bonds is 5. The second-order valence-electron chi connectivity index (χ2n) is 5.34. The zero-order chi connectivity index (χ0) is 18.1. The average molecular weight is 388 g/mol. The average Bonchev–Trinajstić information content (AvgIpc) is 3.36. The second kappa shape index (κ2) is 7.00. The van der Waals surface area contributed by atoms with E-state index in [0.717, 1.165) is 27.1 Å². The Morgan fingerprint density at radius 1 is 1.04 bits per heavy atom. The summed E-state index contributed by atoms with van der Waals surface area (Å²) in [6.45, 7) is 0. The minimum Gasteiger partial charge on any atom is -0.493 e. The van der Waals surface area contributed by atoms with E-state index in [4.69, 9.17) is 19.3 Å². The van der Waals surface area contributed by atoms with Gasteiger partial charge >= 0.3 is 0 Å². The molecular formula is C17H16N4O3S2. The van der Waals surface area contributed by atoms with Gasteiger partial charge in [0.1, 0.15) is 0 Å². The molecule has 0 amide bonds. The van der Waals surface area contributed by atoms with Crippen LogP contribution in [-0.2, 0) is 0 Å². The Hall–Kier alpha value is -2.52. The molecular weight excluding hydrogens is 372 g/mol. The molecule has 2 aromatic heterocycles. The highest BCUT2D eigenvalue weighted by Crippen LogP contribution is 2.41. The monoisotopic (exact) mass is 388 g/mol. The molecule has 1 aromatic carbocycles. The summed E-state index contributed by atoms with van der Waals surface area (Å²) in [6, 6.07) is 7.78. The fraction of sp³-hybridized carbons (Fsp3) is 0.235. The molecule has 0 saturated carbocycles. The van der Waals surface area contributed by atoms with Gasteiger partial charge in [-0.25, -0.2) is 0 Å². The number of thiophene rings is 1. The lowest BCUT2D eigenvalue weighted by Crippen LogP contribution is -2.12. The van der Waals surface area contributed by atoms with Crippen molar-refractivity contribution in [3.8, 4) is 28.6 Å². The maximum absolute atomic E-state index is 5.44. The Morgan fingerprint density at radius 3 is 2.42 bits per heavy atom. The number of ether oxygens (including phenoxy) is 3. The predicted molar refractivity (Wildman–Crippen MR) is 102 cm³/mol. The maximum Gasteiger partial charge on any atom is 0.212 e. The number of thioether (sulfide) groups is 1. The van der Waals surface area contributed by atoms with Gasteiger partial charge in [-0.1, -0.05) is 17.8 Å². The van der Waals surface area contributed by atoms with Crippen LogP contribution in [0.3, 0.4) is 0 Å². The van der Waals surface area contributed by atoms with E-state index >= 15 is 0 Å². The number of aromatic nitrogens is 3. The van der Waals surface area contributed by atoms with Gasteiger partial charge in [-0.05, 0) is 23.6 Å². The molecule has 0 radical (unpaired) electrons. The topological polar surface area (TPSA) is 70.8 Å². The molecule has 26 heavy (non-hydrogen) atoms. The quantitative estimate of drug-likeness (QED) is 0.667. The summed E-state index contributed by atoms with van der Waals surface area (Å²) >= 11 is 3.29. The second-order valence-corrected chi connectivity index (χ2v) is 7.23. The first kappa shape index (κ1) is 16.9. The first-order valence-corrected chi connectivity index (χ1v) is 9.62. The molecule has 9 heteroatoms. The largest absolute Gasteiger partial charge is 0.493 e. The summed E-state index contributed by atoms with van der Waals surface area (Å²) in [4.78, 5) is 1.15. The van der Waals surface area contributed by atoms with Crippen molar-refractivity contribution in [3.63, 3.8) is 0 Å². The summed E-state index contributed by atoms with van der Waals surface area (Å²) in [7, 11) is 4.75. The molecule has 0 fully saturated rings. The van der Waals surface area contributed by atoms with Crippen LogP contribution in [0.15, 0.2) is 39.9 Å². The number of nitrogens with zero attached hydrogens (tertiary/aromatic N) is 4. The molecule has 1 aliphatic heterocycles. The molecule has 7 nitrogen and oxygen atoms in total. The highest BCUT2D eigenvalue weighted by molar-refractivity contribution is 7.99. The molecule has 3 heterocycles. The lowest BCUT2D eigenvalue weighted by atomic mass is 10.1. The third kappa shape index (κ3) is 2.82. The number of methoxy groups -OCH3 is 3. The molecule has 0 aliphatic carbocycles. The fourth-order valence-corrected chi connectivity index (χ4v) is 4.31. The Balaban J connectivity index is 1.83. The minimum absolute atomic E-state index is 0.536. The summed E-state index contributed by atoms with van der Waals surface area (Å²) < 4.78 is 18.0. The van der Waals surface area contributed by atoms with E-state index in [0.29, 0.717) is 23.1 Å². The molecule has 0 atom stereocenters. The van der Waals surface area contributed by atoms with Gasteiger partial charge in [0.2, 0.25) is 10.9 Å². The van der Waals surface area contributed by atoms with E-state index in [-0.39, 0.29) is 0 Å². The normalized spacial score (nSPS) is 13.1. The van der Waals surface area contributed by atoms with Crippen molar-refractivity contribution >= 4 is 28.8 Å². The Labute approximate surface area is 158 Å². The van der Waals surface area contributed by atoms with E-state index in [1.165, 1.54) is 0 Å². The van der Waals surface area contributed by atoms with Crippen molar-refractivity contribution in [2.24, 2.45) is 5.10 Å². The Morgan fingerprint density at radius 2 is 1.81 bits per heavy atom. The van der Waals surface area contributed by atoms with Gasteiger partial charge in [-0.15, -0.1) is 21.5 Å². The molecule has 0 spiro atoms. The molecule has 134 valence electrons. The van der Waals surface area contributed by atoms with E-state index in [1.807, 2.05) is 23.6 Å². The van der Waals surface area contributed by atoms with Gasteiger partial charge in [-0.2, -0.15) is 9.78 Å². The zero-order valence-electron chi connectivity index (χ0n) is 14.4. The number of fused-ring (bicyclic) bond motifs is 1. The van der Waals surface area contributed by atoms with E-state index in [1.54, 1.807) is 49.1 Å². The van der Waals surface area contributed by atoms with Crippen LogP contribution in [-0.4, -0.2) is 47.7 Å². The molecule has 1 aliphatic rings. The predicted octanol–water partition coefficient (Wildman–Crippen LogP) is 3.39. The molecule has 3 aromatic rings. The Bertz CT molecular complexity index is 942. The van der Waals surface area contributed by atoms with Crippen LogP contribution in [0.4, 0.5) is 0 Å². The van der Waals surface area contributed by atoms with Gasteiger partial charge in [0.25, 0.3) is 0 Å². The standard InChI is InChI=1S/C17H16N4O3S2/c1-22-12-7-10(8-13(23-2)15(12)24-3)16-18-19-17-21(16)20-11(9-26-17)14-5-4-6-25-14/h4-8H,9H2,1-3H3. The third-order valence-corrected chi connectivity index (χ3v) is 5.75. The van der Waals surface area contributed by atoms with Crippen LogP contribution in [0.5, 0.6) is 17.2 Å². The van der Waals surface area contributed by atoms with Crippen molar-refractivity contribution in [2.45, 2.75) is 5.16 Å². The highest BCUT2D eigenvalue weighted by atomic mass is 32.2.